The number of phosphoric acid groups is 1. The van der Waals surface area contributed by atoms with E-state index in [1.807, 2.05) is 6.92 Å². The van der Waals surface area contributed by atoms with Crippen molar-refractivity contribution in [1.29, 1.82) is 0 Å². The van der Waals surface area contributed by atoms with Crippen LogP contribution in [0.15, 0.2) is 0 Å². The molecule has 1 saturated carbocycles. The van der Waals surface area contributed by atoms with Crippen LogP contribution in [0.1, 0.15) is 46.0 Å². The maximum atomic E-state index is 12.2. The van der Waals surface area contributed by atoms with E-state index in [2.05, 4.69) is 10.6 Å². The van der Waals surface area contributed by atoms with Crippen molar-refractivity contribution in [2.24, 2.45) is 0 Å². The van der Waals surface area contributed by atoms with Crippen LogP contribution < -0.4 is 10.6 Å². The van der Waals surface area contributed by atoms with E-state index in [0.717, 1.165) is 19.3 Å². The summed E-state index contributed by atoms with van der Waals surface area (Å²) in [5.41, 5.74) is -1.13. The minimum absolute atomic E-state index is 0.273. The molecule has 118 valence electrons. The van der Waals surface area contributed by atoms with Crippen LogP contribution in [-0.4, -0.2) is 40.4 Å². The Bertz CT molecular complexity index is 365. The molecule has 0 radical (unpaired) electrons. The number of carbonyl (C=O) groups is 1. The minimum Gasteiger partial charge on any atom is -0.355 e. The largest absolute Gasteiger partial charge is 0.470 e. The monoisotopic (exact) mass is 308 g/mol. The third-order valence-electron chi connectivity index (χ3n) is 3.55. The van der Waals surface area contributed by atoms with Gasteiger partial charge >= 0.3 is 7.82 Å². The van der Waals surface area contributed by atoms with Crippen LogP contribution in [0.25, 0.3) is 0 Å². The number of carbonyl (C=O) groups excluding carboxylic acids is 1. The molecule has 0 aromatic heterocycles. The Morgan fingerprint density at radius 1 is 1.25 bits per heavy atom. The van der Waals surface area contributed by atoms with Crippen LogP contribution in [0.2, 0.25) is 0 Å². The minimum atomic E-state index is -4.66. The van der Waals surface area contributed by atoms with E-state index in [9.17, 15) is 19.1 Å². The molecule has 0 aliphatic heterocycles. The van der Waals surface area contributed by atoms with Crippen LogP contribution >= 0.6 is 7.82 Å². The van der Waals surface area contributed by atoms with Gasteiger partial charge in [-0.15, -0.1) is 0 Å². The van der Waals surface area contributed by atoms with E-state index in [4.69, 9.17) is 4.52 Å². The highest BCUT2D eigenvalue weighted by Gasteiger charge is 2.48. The van der Waals surface area contributed by atoms with E-state index in [1.165, 1.54) is 0 Å². The van der Waals surface area contributed by atoms with Crippen LogP contribution in [0.3, 0.4) is 0 Å². The van der Waals surface area contributed by atoms with Crippen molar-refractivity contribution >= 4 is 13.7 Å². The number of likely N-dealkylation sites (N-methyl/N-ethyl adjacent to an activating group) is 2. The standard InChI is InChI=1S/C12H25N2O5P/c1-3-13-10(11(15)14-4-2)12(19-20(16,17)18)8-6-5-7-9-12/h10,13H,3-9H2,1-2H3,(H,14,15)(H2,16,17,18)/t10-/m1/s1. The fourth-order valence-electron chi connectivity index (χ4n) is 2.82. The quantitative estimate of drug-likeness (QED) is 0.521. The van der Waals surface area contributed by atoms with Crippen molar-refractivity contribution in [3.63, 3.8) is 0 Å². The molecule has 0 aromatic carbocycles. The fourth-order valence-corrected chi connectivity index (χ4v) is 3.58. The maximum absolute atomic E-state index is 12.2. The van der Waals surface area contributed by atoms with Crippen LogP contribution in [-0.2, 0) is 13.9 Å². The smallest absolute Gasteiger partial charge is 0.355 e. The summed E-state index contributed by atoms with van der Waals surface area (Å²) in [5.74, 6) is -0.273. The second-order valence-electron chi connectivity index (χ2n) is 5.09. The van der Waals surface area contributed by atoms with Gasteiger partial charge < -0.3 is 20.4 Å². The Kier molecular flexibility index (Phi) is 6.61. The number of rotatable bonds is 7. The molecule has 0 heterocycles. The van der Waals surface area contributed by atoms with Gasteiger partial charge in [-0.3, -0.25) is 9.32 Å². The summed E-state index contributed by atoms with van der Waals surface area (Å²) in [7, 11) is -4.66. The Hall–Kier alpha value is -0.460. The Labute approximate surface area is 119 Å². The molecule has 7 nitrogen and oxygen atoms in total. The molecule has 8 heteroatoms. The van der Waals surface area contributed by atoms with Gasteiger partial charge in [-0.2, -0.15) is 0 Å². The molecule has 1 rings (SSSR count). The summed E-state index contributed by atoms with van der Waals surface area (Å²) in [4.78, 5) is 30.6. The molecule has 0 spiro atoms. The normalized spacial score (nSPS) is 20.4. The Morgan fingerprint density at radius 3 is 2.30 bits per heavy atom. The van der Waals surface area contributed by atoms with Crippen molar-refractivity contribution in [3.05, 3.63) is 0 Å². The average molecular weight is 308 g/mol. The van der Waals surface area contributed by atoms with E-state index < -0.39 is 19.5 Å². The first-order valence-corrected chi connectivity index (χ1v) is 8.65. The fraction of sp³-hybridized carbons (Fsp3) is 0.917. The molecular formula is C12H25N2O5P. The molecule has 0 saturated heterocycles. The van der Waals surface area contributed by atoms with E-state index in [0.29, 0.717) is 25.9 Å². The maximum Gasteiger partial charge on any atom is 0.470 e. The lowest BCUT2D eigenvalue weighted by Crippen LogP contribution is -2.60. The Balaban J connectivity index is 3.03. The number of amides is 1. The average Bonchev–Trinajstić information content (AvgIpc) is 2.35. The first kappa shape index (κ1) is 17.6. The highest BCUT2D eigenvalue weighted by atomic mass is 31.2. The third kappa shape index (κ3) is 4.82. The van der Waals surface area contributed by atoms with E-state index in [-0.39, 0.29) is 5.91 Å². The van der Waals surface area contributed by atoms with Crippen LogP contribution in [0.5, 0.6) is 0 Å². The third-order valence-corrected chi connectivity index (χ3v) is 4.15. The number of hydrogen-bond acceptors (Lipinski definition) is 4. The molecule has 20 heavy (non-hydrogen) atoms. The Morgan fingerprint density at radius 2 is 1.85 bits per heavy atom. The highest BCUT2D eigenvalue weighted by Crippen LogP contribution is 2.48. The molecule has 0 bridgehead atoms. The molecule has 0 aromatic rings. The highest BCUT2D eigenvalue weighted by molar-refractivity contribution is 7.46. The van der Waals surface area contributed by atoms with Crippen molar-refractivity contribution < 1.29 is 23.7 Å². The van der Waals surface area contributed by atoms with Gasteiger partial charge in [0, 0.05) is 6.54 Å². The van der Waals surface area contributed by atoms with Gasteiger partial charge in [0.2, 0.25) is 5.91 Å². The van der Waals surface area contributed by atoms with Gasteiger partial charge in [-0.05, 0) is 26.3 Å². The molecule has 4 N–H and O–H groups in total. The summed E-state index contributed by atoms with van der Waals surface area (Å²) in [6, 6.07) is -0.750. The zero-order chi connectivity index (χ0) is 15.2. The SMILES string of the molecule is CCNC(=O)[C@@H](NCC)C1(OP(=O)(O)O)CCCCC1. The van der Waals surface area contributed by atoms with Gasteiger partial charge in [-0.25, -0.2) is 4.57 Å². The second-order valence-corrected chi connectivity index (χ2v) is 6.26. The lowest BCUT2D eigenvalue weighted by molar-refractivity contribution is -0.131. The molecule has 0 unspecified atom stereocenters. The van der Waals surface area contributed by atoms with Crippen molar-refractivity contribution in [2.75, 3.05) is 13.1 Å². The zero-order valence-electron chi connectivity index (χ0n) is 12.1. The first-order valence-electron chi connectivity index (χ1n) is 7.12. The summed E-state index contributed by atoms with van der Waals surface area (Å²) in [5, 5.41) is 5.72. The van der Waals surface area contributed by atoms with Crippen LogP contribution in [0.4, 0.5) is 0 Å². The molecular weight excluding hydrogens is 283 g/mol. The topological polar surface area (TPSA) is 108 Å². The van der Waals surface area contributed by atoms with Crippen LogP contribution in [0, 0.1) is 0 Å². The van der Waals surface area contributed by atoms with Gasteiger partial charge in [0.15, 0.2) is 0 Å². The molecule has 1 amide bonds. The van der Waals surface area contributed by atoms with Gasteiger partial charge in [0.1, 0.15) is 11.6 Å². The summed E-state index contributed by atoms with van der Waals surface area (Å²) in [6.07, 6.45) is 3.50. The molecule has 1 fully saturated rings. The van der Waals surface area contributed by atoms with Gasteiger partial charge in [-0.1, -0.05) is 26.2 Å². The van der Waals surface area contributed by atoms with Crippen molar-refractivity contribution in [2.45, 2.75) is 57.6 Å². The van der Waals surface area contributed by atoms with Gasteiger partial charge in [0.25, 0.3) is 0 Å². The van der Waals surface area contributed by atoms with Crippen molar-refractivity contribution in [1.82, 2.24) is 10.6 Å². The number of hydrogen-bond donors (Lipinski definition) is 4. The lowest BCUT2D eigenvalue weighted by Gasteiger charge is -2.42. The van der Waals surface area contributed by atoms with E-state index >= 15 is 0 Å². The predicted molar refractivity (Wildman–Crippen MR) is 75.1 cm³/mol. The lowest BCUT2D eigenvalue weighted by atomic mass is 9.79. The molecule has 1 aliphatic rings. The summed E-state index contributed by atoms with van der Waals surface area (Å²) < 4.78 is 16.4. The summed E-state index contributed by atoms with van der Waals surface area (Å²) in [6.45, 7) is 4.64. The number of phosphoric ester groups is 1. The van der Waals surface area contributed by atoms with Crippen molar-refractivity contribution in [3.8, 4) is 0 Å². The summed E-state index contributed by atoms with van der Waals surface area (Å²) >= 11 is 0. The second kappa shape index (κ2) is 7.52. The molecule has 1 atom stereocenters. The molecule has 1 aliphatic carbocycles. The first-order chi connectivity index (χ1) is 9.34. The zero-order valence-corrected chi connectivity index (χ0v) is 13.0. The van der Waals surface area contributed by atoms with Gasteiger partial charge in [0.05, 0.1) is 0 Å². The number of nitrogens with one attached hydrogen (secondary N) is 2. The van der Waals surface area contributed by atoms with E-state index in [1.54, 1.807) is 6.92 Å². The predicted octanol–water partition coefficient (Wildman–Crippen LogP) is 0.913.